The zero-order valence-electron chi connectivity index (χ0n) is 8.88. The van der Waals surface area contributed by atoms with Gasteiger partial charge in [0.25, 0.3) is 0 Å². The minimum atomic E-state index is -0.986. The summed E-state index contributed by atoms with van der Waals surface area (Å²) in [6, 6.07) is 16.4. The highest BCUT2D eigenvalue weighted by atomic mass is 127. The fourth-order valence-corrected chi connectivity index (χ4v) is 2.19. The van der Waals surface area contributed by atoms with E-state index in [1.54, 1.807) is 18.2 Å². The number of anilines is 2. The average Bonchev–Trinajstić information content (AvgIpc) is 2.33. The first-order valence-electron chi connectivity index (χ1n) is 5.03. The SMILES string of the molecule is O=C(O)N(c1ccccc1)c1ccccc1I. The maximum Gasteiger partial charge on any atom is 0.416 e. The molecule has 0 aliphatic heterocycles. The molecule has 0 aromatic heterocycles. The minimum absolute atomic E-state index is 0.643. The van der Waals surface area contributed by atoms with E-state index in [4.69, 9.17) is 0 Å². The van der Waals surface area contributed by atoms with Crippen LogP contribution in [0.15, 0.2) is 54.6 Å². The van der Waals surface area contributed by atoms with E-state index in [9.17, 15) is 9.90 Å². The number of hydrogen-bond acceptors (Lipinski definition) is 1. The van der Waals surface area contributed by atoms with Crippen molar-refractivity contribution in [2.24, 2.45) is 0 Å². The van der Waals surface area contributed by atoms with E-state index in [1.807, 2.05) is 36.4 Å². The standard InChI is InChI=1S/C13H10INO2/c14-11-8-4-5-9-12(11)15(13(16)17)10-6-2-1-3-7-10/h1-9H,(H,16,17). The monoisotopic (exact) mass is 339 g/mol. The van der Waals surface area contributed by atoms with E-state index in [2.05, 4.69) is 22.6 Å². The lowest BCUT2D eigenvalue weighted by Crippen LogP contribution is -2.24. The summed E-state index contributed by atoms with van der Waals surface area (Å²) < 4.78 is 0.899. The highest BCUT2D eigenvalue weighted by molar-refractivity contribution is 14.1. The van der Waals surface area contributed by atoms with Crippen LogP contribution in [0.25, 0.3) is 0 Å². The summed E-state index contributed by atoms with van der Waals surface area (Å²) >= 11 is 2.13. The van der Waals surface area contributed by atoms with Crippen molar-refractivity contribution in [3.63, 3.8) is 0 Å². The Morgan fingerprint density at radius 3 is 2.18 bits per heavy atom. The van der Waals surface area contributed by atoms with Crippen LogP contribution in [0.1, 0.15) is 0 Å². The van der Waals surface area contributed by atoms with Crippen LogP contribution in [0, 0.1) is 3.57 Å². The van der Waals surface area contributed by atoms with Gasteiger partial charge in [-0.25, -0.2) is 9.69 Å². The lowest BCUT2D eigenvalue weighted by molar-refractivity contribution is 0.205. The number of carboxylic acid groups (broad SMARTS) is 1. The summed E-state index contributed by atoms with van der Waals surface area (Å²) in [5.41, 5.74) is 1.32. The predicted octanol–water partition coefficient (Wildman–Crippen LogP) is 4.11. The molecule has 3 nitrogen and oxygen atoms in total. The molecule has 0 atom stereocenters. The van der Waals surface area contributed by atoms with Gasteiger partial charge in [-0.15, -0.1) is 0 Å². The number of nitrogens with zero attached hydrogens (tertiary/aromatic N) is 1. The topological polar surface area (TPSA) is 40.5 Å². The van der Waals surface area contributed by atoms with E-state index in [-0.39, 0.29) is 0 Å². The molecule has 4 heteroatoms. The van der Waals surface area contributed by atoms with Gasteiger partial charge in [-0.3, -0.25) is 0 Å². The van der Waals surface area contributed by atoms with Gasteiger partial charge in [0.2, 0.25) is 0 Å². The molecule has 2 aromatic carbocycles. The summed E-state index contributed by atoms with van der Waals surface area (Å²) in [7, 11) is 0. The number of carbonyl (C=O) groups is 1. The van der Waals surface area contributed by atoms with Crippen molar-refractivity contribution in [2.45, 2.75) is 0 Å². The summed E-state index contributed by atoms with van der Waals surface area (Å²) in [6.07, 6.45) is -0.986. The molecule has 1 amide bonds. The third-order valence-corrected chi connectivity index (χ3v) is 3.21. The molecule has 0 fully saturated rings. The van der Waals surface area contributed by atoms with Crippen molar-refractivity contribution in [3.05, 3.63) is 58.2 Å². The Labute approximate surface area is 113 Å². The predicted molar refractivity (Wildman–Crippen MR) is 75.8 cm³/mol. The van der Waals surface area contributed by atoms with Crippen LogP contribution in [0.2, 0.25) is 0 Å². The largest absolute Gasteiger partial charge is 0.464 e. The van der Waals surface area contributed by atoms with Crippen molar-refractivity contribution >= 4 is 40.1 Å². The van der Waals surface area contributed by atoms with Gasteiger partial charge in [0.05, 0.1) is 11.4 Å². The summed E-state index contributed by atoms with van der Waals surface area (Å²) in [4.78, 5) is 12.7. The molecule has 2 aromatic rings. The first-order chi connectivity index (χ1) is 8.20. The van der Waals surface area contributed by atoms with Crippen molar-refractivity contribution in [2.75, 3.05) is 4.90 Å². The Balaban J connectivity index is 2.51. The molecular formula is C13H10INO2. The molecule has 86 valence electrons. The molecule has 0 bridgehead atoms. The minimum Gasteiger partial charge on any atom is -0.464 e. The van der Waals surface area contributed by atoms with Crippen LogP contribution in [0.4, 0.5) is 16.2 Å². The van der Waals surface area contributed by atoms with Crippen LogP contribution >= 0.6 is 22.6 Å². The fourth-order valence-electron chi connectivity index (χ4n) is 1.56. The lowest BCUT2D eigenvalue weighted by Gasteiger charge is -2.20. The summed E-state index contributed by atoms with van der Waals surface area (Å²) in [5, 5.41) is 9.33. The number of halogens is 1. The molecule has 0 radical (unpaired) electrons. The molecule has 0 unspecified atom stereocenters. The van der Waals surface area contributed by atoms with Gasteiger partial charge in [-0.1, -0.05) is 30.3 Å². The van der Waals surface area contributed by atoms with Gasteiger partial charge in [0.1, 0.15) is 0 Å². The summed E-state index contributed by atoms with van der Waals surface area (Å²) in [5.74, 6) is 0. The van der Waals surface area contributed by atoms with Gasteiger partial charge < -0.3 is 5.11 Å². The molecule has 0 saturated heterocycles. The van der Waals surface area contributed by atoms with Crippen molar-refractivity contribution in [1.29, 1.82) is 0 Å². The molecule has 1 N–H and O–H groups in total. The van der Waals surface area contributed by atoms with Gasteiger partial charge in [0.15, 0.2) is 0 Å². The Kier molecular flexibility index (Phi) is 3.63. The van der Waals surface area contributed by atoms with Gasteiger partial charge in [0, 0.05) is 3.57 Å². The number of rotatable bonds is 2. The molecule has 0 aliphatic carbocycles. The number of para-hydroxylation sites is 2. The first kappa shape index (κ1) is 11.9. The normalized spacial score (nSPS) is 9.94. The molecule has 17 heavy (non-hydrogen) atoms. The average molecular weight is 339 g/mol. The third kappa shape index (κ3) is 2.58. The number of amides is 1. The zero-order valence-corrected chi connectivity index (χ0v) is 11.0. The highest BCUT2D eigenvalue weighted by Crippen LogP contribution is 2.29. The molecule has 0 heterocycles. The Bertz CT molecular complexity index is 528. The van der Waals surface area contributed by atoms with Gasteiger partial charge >= 0.3 is 6.09 Å². The fraction of sp³-hybridized carbons (Fsp3) is 0. The lowest BCUT2D eigenvalue weighted by atomic mass is 10.2. The molecule has 2 rings (SSSR count). The second-order valence-corrected chi connectivity index (χ2v) is 4.57. The van der Waals surface area contributed by atoms with Crippen molar-refractivity contribution in [1.82, 2.24) is 0 Å². The highest BCUT2D eigenvalue weighted by Gasteiger charge is 2.18. The molecule has 0 aliphatic rings. The first-order valence-corrected chi connectivity index (χ1v) is 6.10. The van der Waals surface area contributed by atoms with Gasteiger partial charge in [-0.2, -0.15) is 0 Å². The van der Waals surface area contributed by atoms with Crippen LogP contribution < -0.4 is 4.90 Å². The second-order valence-electron chi connectivity index (χ2n) is 3.40. The maximum absolute atomic E-state index is 11.4. The van der Waals surface area contributed by atoms with Crippen molar-refractivity contribution < 1.29 is 9.90 Å². The maximum atomic E-state index is 11.4. The molecule has 0 spiro atoms. The van der Waals surface area contributed by atoms with Gasteiger partial charge in [-0.05, 0) is 46.9 Å². The summed E-state index contributed by atoms with van der Waals surface area (Å²) in [6.45, 7) is 0. The van der Waals surface area contributed by atoms with Crippen molar-refractivity contribution in [3.8, 4) is 0 Å². The van der Waals surface area contributed by atoms with E-state index < -0.39 is 6.09 Å². The smallest absolute Gasteiger partial charge is 0.416 e. The third-order valence-electron chi connectivity index (χ3n) is 2.30. The number of benzene rings is 2. The molecule has 0 saturated carbocycles. The van der Waals surface area contributed by atoms with Crippen LogP contribution in [-0.4, -0.2) is 11.2 Å². The Morgan fingerprint density at radius 1 is 1.00 bits per heavy atom. The van der Waals surface area contributed by atoms with E-state index in [0.29, 0.717) is 11.4 Å². The Hall–Kier alpha value is -1.56. The Morgan fingerprint density at radius 2 is 1.59 bits per heavy atom. The van der Waals surface area contributed by atoms with E-state index in [0.717, 1.165) is 3.57 Å². The van der Waals surface area contributed by atoms with E-state index >= 15 is 0 Å². The number of hydrogen-bond donors (Lipinski definition) is 1. The molecular weight excluding hydrogens is 329 g/mol. The van der Waals surface area contributed by atoms with Crippen LogP contribution in [0.5, 0.6) is 0 Å². The zero-order chi connectivity index (χ0) is 12.3. The van der Waals surface area contributed by atoms with Crippen LogP contribution in [-0.2, 0) is 0 Å². The van der Waals surface area contributed by atoms with E-state index in [1.165, 1.54) is 4.90 Å². The van der Waals surface area contributed by atoms with Crippen LogP contribution in [0.3, 0.4) is 0 Å². The quantitative estimate of drug-likeness (QED) is 0.837. The second kappa shape index (κ2) is 5.18.